The van der Waals surface area contributed by atoms with Crippen LogP contribution in [0.4, 0.5) is 0 Å². The van der Waals surface area contributed by atoms with Gasteiger partial charge in [0.1, 0.15) is 0 Å². The molecule has 0 saturated heterocycles. The second-order valence-corrected chi connectivity index (χ2v) is 5.45. The van der Waals surface area contributed by atoms with Gasteiger partial charge in [0.2, 0.25) is 5.78 Å². The van der Waals surface area contributed by atoms with Crippen LogP contribution in [0.2, 0.25) is 0 Å². The molecular weight excluding hydrogens is 240 g/mol. The molecule has 1 N–H and O–H groups in total. The number of carboxylic acids is 1. The summed E-state index contributed by atoms with van der Waals surface area (Å²) in [5.74, 6) is -1.97. The highest BCUT2D eigenvalue weighted by Crippen LogP contribution is 2.43. The van der Waals surface area contributed by atoms with Crippen molar-refractivity contribution < 1.29 is 14.7 Å². The van der Waals surface area contributed by atoms with Gasteiger partial charge >= 0.3 is 5.97 Å². The maximum Gasteiger partial charge on any atom is 0.372 e. The summed E-state index contributed by atoms with van der Waals surface area (Å²) in [7, 11) is 0. The highest BCUT2D eigenvalue weighted by atomic mass is 16.4. The summed E-state index contributed by atoms with van der Waals surface area (Å²) in [5.41, 5.74) is 2.21. The molecule has 0 aliphatic heterocycles. The van der Waals surface area contributed by atoms with Crippen LogP contribution in [0.5, 0.6) is 0 Å². The van der Waals surface area contributed by atoms with E-state index >= 15 is 0 Å². The molecule has 0 aromatic heterocycles. The van der Waals surface area contributed by atoms with E-state index in [2.05, 4.69) is 19.1 Å². The molecule has 0 radical (unpaired) electrons. The zero-order chi connectivity index (χ0) is 13.9. The molecule has 19 heavy (non-hydrogen) atoms. The highest BCUT2D eigenvalue weighted by Gasteiger charge is 2.38. The molecule has 0 saturated carbocycles. The number of hydrogen-bond acceptors (Lipinski definition) is 2. The summed E-state index contributed by atoms with van der Waals surface area (Å²) in [6.07, 6.45) is 4.95. The fourth-order valence-corrected chi connectivity index (χ4v) is 3.40. The molecule has 0 bridgehead atoms. The first-order valence-electron chi connectivity index (χ1n) is 6.93. The van der Waals surface area contributed by atoms with Gasteiger partial charge in [-0.2, -0.15) is 0 Å². The second-order valence-electron chi connectivity index (χ2n) is 5.45. The van der Waals surface area contributed by atoms with E-state index in [-0.39, 0.29) is 11.8 Å². The van der Waals surface area contributed by atoms with E-state index in [1.54, 1.807) is 0 Å². The van der Waals surface area contributed by atoms with Crippen LogP contribution in [0.25, 0.3) is 0 Å². The first kappa shape index (κ1) is 13.8. The van der Waals surface area contributed by atoms with Crippen LogP contribution in [-0.4, -0.2) is 16.9 Å². The third-order valence-electron chi connectivity index (χ3n) is 4.16. The molecule has 0 heterocycles. The summed E-state index contributed by atoms with van der Waals surface area (Å²) in [6, 6.07) is 8.17. The number of aryl methyl sites for hydroxylation is 1. The molecule has 1 aromatic rings. The van der Waals surface area contributed by atoms with Gasteiger partial charge in [0.25, 0.3) is 0 Å². The van der Waals surface area contributed by atoms with Crippen LogP contribution in [0.15, 0.2) is 24.3 Å². The number of rotatable bonds is 5. The Balaban J connectivity index is 2.40. The highest BCUT2D eigenvalue weighted by molar-refractivity contribution is 6.32. The molecule has 1 aromatic carbocycles. The smallest absolute Gasteiger partial charge is 0.372 e. The van der Waals surface area contributed by atoms with Gasteiger partial charge in [-0.05, 0) is 36.8 Å². The van der Waals surface area contributed by atoms with Crippen molar-refractivity contribution in [3.05, 3.63) is 35.4 Å². The van der Waals surface area contributed by atoms with E-state index in [0.29, 0.717) is 0 Å². The normalized spacial score (nSPS) is 21.7. The molecule has 1 aliphatic carbocycles. The average Bonchev–Trinajstić information content (AvgIpc) is 2.39. The number of ketones is 1. The Hall–Kier alpha value is -1.64. The molecule has 3 nitrogen and oxygen atoms in total. The summed E-state index contributed by atoms with van der Waals surface area (Å²) in [6.45, 7) is 2.09. The van der Waals surface area contributed by atoms with Crippen molar-refractivity contribution >= 4 is 11.8 Å². The quantitative estimate of drug-likeness (QED) is 0.828. The fourth-order valence-electron chi connectivity index (χ4n) is 3.40. The second kappa shape index (κ2) is 5.55. The number of aliphatic carboxylic acids is 1. The number of carbonyl (C=O) groups is 2. The summed E-state index contributed by atoms with van der Waals surface area (Å²) in [4.78, 5) is 22.6. The number of hydrogen-bond donors (Lipinski definition) is 1. The van der Waals surface area contributed by atoms with Crippen LogP contribution in [-0.2, 0) is 21.4 Å². The van der Waals surface area contributed by atoms with E-state index in [4.69, 9.17) is 5.11 Å². The number of carboxylic acid groups (broad SMARTS) is 1. The lowest BCUT2D eigenvalue weighted by Crippen LogP contribution is -2.35. The Kier molecular flexibility index (Phi) is 4.03. The van der Waals surface area contributed by atoms with Crippen molar-refractivity contribution in [3.8, 4) is 0 Å². The van der Waals surface area contributed by atoms with Crippen molar-refractivity contribution in [2.45, 2.75) is 50.9 Å². The van der Waals surface area contributed by atoms with E-state index < -0.39 is 11.8 Å². The number of fused-ring (bicyclic) bond motifs is 1. The van der Waals surface area contributed by atoms with Crippen LogP contribution in [0, 0.1) is 0 Å². The Morgan fingerprint density at radius 2 is 2.05 bits per heavy atom. The first-order valence-corrected chi connectivity index (χ1v) is 6.93. The Bertz CT molecular complexity index is 493. The molecule has 0 spiro atoms. The standard InChI is InChI=1S/C16H20O3/c1-2-9-16(11-14(17)15(18)19)10-5-7-12-6-3-4-8-13(12)16/h3-4,6,8H,2,5,7,9-11H2,1H3,(H,18,19). The molecule has 0 fully saturated rings. The lowest BCUT2D eigenvalue weighted by Gasteiger charge is -2.38. The minimum absolute atomic E-state index is 0.132. The Morgan fingerprint density at radius 1 is 1.32 bits per heavy atom. The van der Waals surface area contributed by atoms with Gasteiger partial charge < -0.3 is 5.11 Å². The van der Waals surface area contributed by atoms with Crippen molar-refractivity contribution in [2.24, 2.45) is 0 Å². The number of Topliss-reactive ketones (excluding diaryl/α,β-unsaturated/α-hetero) is 1. The van der Waals surface area contributed by atoms with E-state index in [0.717, 1.165) is 32.1 Å². The summed E-state index contributed by atoms with van der Waals surface area (Å²) < 4.78 is 0. The molecule has 1 aliphatic rings. The van der Waals surface area contributed by atoms with Gasteiger partial charge in [0.05, 0.1) is 0 Å². The van der Waals surface area contributed by atoms with Crippen LogP contribution in [0.3, 0.4) is 0 Å². The van der Waals surface area contributed by atoms with Gasteiger partial charge in [0.15, 0.2) is 0 Å². The van der Waals surface area contributed by atoms with Gasteiger partial charge in [0, 0.05) is 11.8 Å². The topological polar surface area (TPSA) is 54.4 Å². The van der Waals surface area contributed by atoms with E-state index in [1.165, 1.54) is 11.1 Å². The SMILES string of the molecule is CCCC1(CC(=O)C(=O)O)CCCc2ccccc21. The average molecular weight is 260 g/mol. The van der Waals surface area contributed by atoms with Crippen LogP contribution in [0.1, 0.15) is 50.2 Å². The van der Waals surface area contributed by atoms with Crippen molar-refractivity contribution in [1.82, 2.24) is 0 Å². The lowest BCUT2D eigenvalue weighted by molar-refractivity contribution is -0.149. The molecule has 1 atom stereocenters. The van der Waals surface area contributed by atoms with Crippen molar-refractivity contribution in [1.29, 1.82) is 0 Å². The van der Waals surface area contributed by atoms with E-state index in [9.17, 15) is 9.59 Å². The molecule has 3 heteroatoms. The lowest BCUT2D eigenvalue weighted by atomic mass is 9.65. The minimum Gasteiger partial charge on any atom is -0.476 e. The Morgan fingerprint density at radius 3 is 2.74 bits per heavy atom. The Labute approximate surface area is 113 Å². The van der Waals surface area contributed by atoms with Crippen molar-refractivity contribution in [3.63, 3.8) is 0 Å². The van der Waals surface area contributed by atoms with Gasteiger partial charge in [-0.1, -0.05) is 37.6 Å². The fraction of sp³-hybridized carbons (Fsp3) is 0.500. The zero-order valence-electron chi connectivity index (χ0n) is 11.3. The molecular formula is C16H20O3. The predicted octanol–water partition coefficient (Wildman–Crippen LogP) is 3.10. The maximum absolute atomic E-state index is 11.7. The van der Waals surface area contributed by atoms with Gasteiger partial charge in [-0.25, -0.2) is 4.79 Å². The monoisotopic (exact) mass is 260 g/mol. The predicted molar refractivity (Wildman–Crippen MR) is 73.2 cm³/mol. The van der Waals surface area contributed by atoms with Crippen LogP contribution >= 0.6 is 0 Å². The largest absolute Gasteiger partial charge is 0.476 e. The molecule has 2 rings (SSSR count). The molecule has 102 valence electrons. The minimum atomic E-state index is -1.31. The van der Waals surface area contributed by atoms with E-state index in [1.807, 2.05) is 12.1 Å². The summed E-state index contributed by atoms with van der Waals surface area (Å²) >= 11 is 0. The summed E-state index contributed by atoms with van der Waals surface area (Å²) in [5, 5.41) is 8.89. The number of benzene rings is 1. The van der Waals surface area contributed by atoms with Gasteiger partial charge in [-0.15, -0.1) is 0 Å². The first-order chi connectivity index (χ1) is 9.09. The zero-order valence-corrected chi connectivity index (χ0v) is 11.3. The molecule has 0 amide bonds. The molecule has 1 unspecified atom stereocenters. The van der Waals surface area contributed by atoms with Gasteiger partial charge in [-0.3, -0.25) is 4.79 Å². The number of carbonyl (C=O) groups excluding carboxylic acids is 1. The van der Waals surface area contributed by atoms with Crippen LogP contribution < -0.4 is 0 Å². The van der Waals surface area contributed by atoms with Crippen molar-refractivity contribution in [2.75, 3.05) is 0 Å². The maximum atomic E-state index is 11.7. The third kappa shape index (κ3) is 2.70. The third-order valence-corrected chi connectivity index (χ3v) is 4.16.